The van der Waals surface area contributed by atoms with Gasteiger partial charge >= 0.3 is 5.97 Å². The van der Waals surface area contributed by atoms with Gasteiger partial charge in [-0.1, -0.05) is 20.8 Å². The molecule has 0 unspecified atom stereocenters. The van der Waals surface area contributed by atoms with E-state index in [4.69, 9.17) is 13.6 Å². The Morgan fingerprint density at radius 2 is 1.57 bits per heavy atom. The second-order valence-electron chi connectivity index (χ2n) is 15.9. The molecule has 0 radical (unpaired) electrons. The molecule has 4 aliphatic carbocycles. The summed E-state index contributed by atoms with van der Waals surface area (Å²) in [4.78, 5) is 12.0. The molecule has 0 spiro atoms. The zero-order chi connectivity index (χ0) is 27.4. The maximum absolute atomic E-state index is 12.0. The van der Waals surface area contributed by atoms with Gasteiger partial charge in [-0.2, -0.15) is 0 Å². The maximum Gasteiger partial charge on any atom is 0.305 e. The third-order valence-corrected chi connectivity index (χ3v) is 13.5. The first-order valence-electron chi connectivity index (χ1n) is 15.5. The van der Waals surface area contributed by atoms with Crippen LogP contribution in [0, 0.1) is 46.3 Å². The molecule has 0 saturated heterocycles. The van der Waals surface area contributed by atoms with Gasteiger partial charge in [0.05, 0.1) is 13.2 Å². The summed E-state index contributed by atoms with van der Waals surface area (Å²) >= 11 is 0. The number of methoxy groups -OCH3 is 1. The molecule has 0 bridgehead atoms. The fourth-order valence-electron chi connectivity index (χ4n) is 9.97. The normalized spacial score (nSPS) is 42.9. The van der Waals surface area contributed by atoms with E-state index in [0.29, 0.717) is 35.9 Å². The zero-order valence-corrected chi connectivity index (χ0v) is 27.8. The molecular weight excluding hydrogens is 493 g/mol. The van der Waals surface area contributed by atoms with Gasteiger partial charge in [-0.25, -0.2) is 0 Å². The number of hydrogen-bond donors (Lipinski definition) is 0. The van der Waals surface area contributed by atoms with E-state index >= 15 is 0 Å². The van der Waals surface area contributed by atoms with Crippen molar-refractivity contribution in [2.75, 3.05) is 7.11 Å². The van der Waals surface area contributed by atoms with Crippen LogP contribution in [0.2, 0.25) is 39.3 Å². The lowest BCUT2D eigenvalue weighted by atomic mass is 9.43. The van der Waals surface area contributed by atoms with Gasteiger partial charge in [0.2, 0.25) is 0 Å². The van der Waals surface area contributed by atoms with Crippen molar-refractivity contribution in [3.63, 3.8) is 0 Å². The molecule has 0 aromatic carbocycles. The molecule has 4 nitrogen and oxygen atoms in total. The van der Waals surface area contributed by atoms with Crippen molar-refractivity contribution >= 4 is 22.6 Å². The molecule has 4 rings (SSSR count). The summed E-state index contributed by atoms with van der Waals surface area (Å²) in [6.07, 6.45) is 12.8. The molecule has 0 aliphatic heterocycles. The Bertz CT molecular complexity index is 819. The van der Waals surface area contributed by atoms with Crippen LogP contribution < -0.4 is 0 Å². The largest absolute Gasteiger partial charge is 0.469 e. The van der Waals surface area contributed by atoms with Gasteiger partial charge in [-0.3, -0.25) is 4.79 Å². The Morgan fingerprint density at radius 1 is 0.892 bits per heavy atom. The summed E-state index contributed by atoms with van der Waals surface area (Å²) in [5.74, 6) is 4.27. The summed E-state index contributed by atoms with van der Waals surface area (Å²) < 4.78 is 18.9. The highest BCUT2D eigenvalue weighted by Crippen LogP contribution is 2.69. The van der Waals surface area contributed by atoms with Crippen LogP contribution in [-0.4, -0.2) is 41.9 Å². The zero-order valence-electron chi connectivity index (χ0n) is 25.8. The van der Waals surface area contributed by atoms with Crippen molar-refractivity contribution in [3.05, 3.63) is 0 Å². The minimum Gasteiger partial charge on any atom is -0.469 e. The number of carbonyl (C=O) groups excluding carboxylic acids is 1. The molecule has 6 heteroatoms. The predicted octanol–water partition coefficient (Wildman–Crippen LogP) is 8.28. The Labute approximate surface area is 230 Å². The van der Waals surface area contributed by atoms with Gasteiger partial charge in [0.1, 0.15) is 0 Å². The quantitative estimate of drug-likeness (QED) is 0.225. The lowest BCUT2D eigenvalue weighted by Crippen LogP contribution is -2.60. The van der Waals surface area contributed by atoms with Crippen LogP contribution >= 0.6 is 0 Å². The van der Waals surface area contributed by atoms with Crippen LogP contribution in [0.25, 0.3) is 0 Å². The average molecular weight is 551 g/mol. The molecule has 214 valence electrons. The monoisotopic (exact) mass is 550 g/mol. The van der Waals surface area contributed by atoms with E-state index in [1.807, 2.05) is 0 Å². The Morgan fingerprint density at radius 3 is 2.19 bits per heavy atom. The van der Waals surface area contributed by atoms with Crippen LogP contribution in [0.4, 0.5) is 0 Å². The number of hydrogen-bond acceptors (Lipinski definition) is 4. The number of ether oxygens (including phenoxy) is 1. The van der Waals surface area contributed by atoms with Gasteiger partial charge in [0.15, 0.2) is 16.6 Å². The van der Waals surface area contributed by atoms with Crippen LogP contribution in [0.5, 0.6) is 0 Å². The first-order chi connectivity index (χ1) is 17.1. The lowest BCUT2D eigenvalue weighted by Gasteiger charge is -2.64. The first-order valence-corrected chi connectivity index (χ1v) is 22.3. The fourth-order valence-corrected chi connectivity index (χ4v) is 12.4. The van der Waals surface area contributed by atoms with E-state index in [-0.39, 0.29) is 11.4 Å². The van der Waals surface area contributed by atoms with E-state index in [1.165, 1.54) is 58.5 Å². The summed E-state index contributed by atoms with van der Waals surface area (Å²) in [5, 5.41) is 0. The topological polar surface area (TPSA) is 44.8 Å². The van der Waals surface area contributed by atoms with Gasteiger partial charge in [-0.15, -0.1) is 0 Å². The second-order valence-corrected chi connectivity index (χ2v) is 24.8. The highest BCUT2D eigenvalue weighted by Gasteiger charge is 2.64. The lowest BCUT2D eigenvalue weighted by molar-refractivity contribution is -0.169. The standard InChI is InChI=1S/C31H58O4Si2/c1-21(11-16-29(32)33-4)25-14-15-26-24-13-12-22-19-23(34-36(5,6)7)17-18-30(22,2)27(24)20-28(31(25,26)3)35-37(8,9)10/h21-28H,11-20H2,1-10H3/t21-,22-,23-,24+,25-,26+,27+,28+,30+,31-/m1/s1. The van der Waals surface area contributed by atoms with Crippen molar-refractivity contribution < 1.29 is 18.4 Å². The molecule has 4 aliphatic rings. The van der Waals surface area contributed by atoms with Crippen LogP contribution in [0.1, 0.15) is 85.0 Å². The third kappa shape index (κ3) is 5.97. The molecule has 0 heterocycles. The number of carbonyl (C=O) groups is 1. The molecule has 0 aromatic heterocycles. The third-order valence-electron chi connectivity index (χ3n) is 11.5. The van der Waals surface area contributed by atoms with Gasteiger partial charge < -0.3 is 13.6 Å². The van der Waals surface area contributed by atoms with Crippen molar-refractivity contribution in [1.29, 1.82) is 0 Å². The van der Waals surface area contributed by atoms with E-state index < -0.39 is 16.6 Å². The van der Waals surface area contributed by atoms with Crippen LogP contribution in [0.3, 0.4) is 0 Å². The average Bonchev–Trinajstić information content (AvgIpc) is 3.14. The molecule has 4 fully saturated rings. The van der Waals surface area contributed by atoms with Crippen molar-refractivity contribution in [3.8, 4) is 0 Å². The van der Waals surface area contributed by atoms with E-state index in [0.717, 1.165) is 30.1 Å². The van der Waals surface area contributed by atoms with Gasteiger partial charge in [0.25, 0.3) is 0 Å². The van der Waals surface area contributed by atoms with E-state index in [9.17, 15) is 4.79 Å². The number of rotatable bonds is 8. The second kappa shape index (κ2) is 10.7. The SMILES string of the molecule is COC(=O)CC[C@@H](C)[C@H]1CC[C@H]2[C@@H]3CC[C@@H]4C[C@H](O[Si](C)(C)C)CC[C@]4(C)[C@H]3C[C@H](O[Si](C)(C)C)[C@]12C. The van der Waals surface area contributed by atoms with Crippen LogP contribution in [0.15, 0.2) is 0 Å². The minimum atomic E-state index is -1.71. The number of esters is 1. The molecule has 0 amide bonds. The molecule has 4 saturated carbocycles. The molecule has 37 heavy (non-hydrogen) atoms. The maximum atomic E-state index is 12.0. The highest BCUT2D eigenvalue weighted by molar-refractivity contribution is 6.70. The summed E-state index contributed by atoms with van der Waals surface area (Å²) in [5.41, 5.74) is 0.650. The van der Waals surface area contributed by atoms with Gasteiger partial charge in [-0.05, 0) is 143 Å². The summed E-state index contributed by atoms with van der Waals surface area (Å²) in [6.45, 7) is 21.9. The Kier molecular flexibility index (Phi) is 8.59. The van der Waals surface area contributed by atoms with Crippen LogP contribution in [-0.2, 0) is 18.4 Å². The molecular formula is C31H58O4Si2. The van der Waals surface area contributed by atoms with Gasteiger partial charge in [0, 0.05) is 12.5 Å². The smallest absolute Gasteiger partial charge is 0.305 e. The predicted molar refractivity (Wildman–Crippen MR) is 157 cm³/mol. The van der Waals surface area contributed by atoms with Crippen molar-refractivity contribution in [2.24, 2.45) is 46.3 Å². The first kappa shape index (κ1) is 29.8. The number of fused-ring (bicyclic) bond motifs is 5. The summed E-state index contributed by atoms with van der Waals surface area (Å²) in [6, 6.07) is 0. The van der Waals surface area contributed by atoms with Crippen molar-refractivity contribution in [2.45, 2.75) is 136 Å². The fraction of sp³-hybridized carbons (Fsp3) is 0.968. The molecule has 0 N–H and O–H groups in total. The summed E-state index contributed by atoms with van der Waals surface area (Å²) in [7, 11) is -1.70. The van der Waals surface area contributed by atoms with E-state index in [2.05, 4.69) is 60.1 Å². The molecule has 10 atom stereocenters. The highest BCUT2D eigenvalue weighted by atomic mass is 28.4. The molecule has 0 aromatic rings. The minimum absolute atomic E-state index is 0.0647. The Hall–Kier alpha value is -0.176. The Balaban J connectivity index is 1.59. The van der Waals surface area contributed by atoms with Crippen molar-refractivity contribution in [1.82, 2.24) is 0 Å². The van der Waals surface area contributed by atoms with E-state index in [1.54, 1.807) is 0 Å².